The van der Waals surface area contributed by atoms with Crippen LogP contribution in [0.15, 0.2) is 42.7 Å². The summed E-state index contributed by atoms with van der Waals surface area (Å²) in [5.74, 6) is 0.795. The van der Waals surface area contributed by atoms with Crippen LogP contribution in [0.1, 0.15) is 51.8 Å². The van der Waals surface area contributed by atoms with E-state index in [4.69, 9.17) is 0 Å². The van der Waals surface area contributed by atoms with E-state index in [-0.39, 0.29) is 36.7 Å². The van der Waals surface area contributed by atoms with Gasteiger partial charge in [-0.05, 0) is 43.0 Å². The van der Waals surface area contributed by atoms with E-state index in [9.17, 15) is 14.4 Å². The van der Waals surface area contributed by atoms with Gasteiger partial charge in [0.1, 0.15) is 5.82 Å². The molecule has 160 valence electrons. The number of carbonyl (C=O) groups is 3. The van der Waals surface area contributed by atoms with Crippen molar-refractivity contribution in [3.05, 3.63) is 59.7 Å². The van der Waals surface area contributed by atoms with Crippen LogP contribution in [0.2, 0.25) is 0 Å². The van der Waals surface area contributed by atoms with Gasteiger partial charge in [-0.2, -0.15) is 11.8 Å². The minimum Gasteiger partial charge on any atom is -0.346 e. The maximum Gasteiger partial charge on any atom is 0.263 e. The molecule has 1 aromatic carbocycles. The first-order valence-electron chi connectivity index (χ1n) is 10.1. The number of pyridine rings is 1. The van der Waals surface area contributed by atoms with E-state index in [1.807, 2.05) is 30.5 Å². The Kier molecular flexibility index (Phi) is 6.31. The molecule has 0 fully saturated rings. The van der Waals surface area contributed by atoms with Crippen LogP contribution in [0, 0.1) is 0 Å². The highest BCUT2D eigenvalue weighted by atomic mass is 32.2. The van der Waals surface area contributed by atoms with Gasteiger partial charge in [0, 0.05) is 25.4 Å². The average Bonchev–Trinajstić information content (AvgIpc) is 3.32. The maximum absolute atomic E-state index is 12.6. The number of thioether (sulfide) groups is 1. The summed E-state index contributed by atoms with van der Waals surface area (Å²) in [4.78, 5) is 50.4. The highest BCUT2D eigenvalue weighted by Gasteiger charge is 2.35. The highest BCUT2D eigenvalue weighted by Crippen LogP contribution is 2.23. The van der Waals surface area contributed by atoms with Crippen molar-refractivity contribution in [2.45, 2.75) is 25.3 Å². The lowest BCUT2D eigenvalue weighted by Crippen LogP contribution is -2.33. The number of imide groups is 1. The zero-order valence-electron chi connectivity index (χ0n) is 17.1. The van der Waals surface area contributed by atoms with Crippen LogP contribution < -0.4 is 5.32 Å². The van der Waals surface area contributed by atoms with E-state index in [0.29, 0.717) is 17.5 Å². The molecule has 1 unspecified atom stereocenters. The number of rotatable bonds is 9. The molecule has 0 aliphatic carbocycles. The summed E-state index contributed by atoms with van der Waals surface area (Å²) in [6, 6.07) is 9.08. The number of H-pyrrole nitrogens is 1. The molecule has 0 spiro atoms. The Hall–Kier alpha value is -3.20. The quantitative estimate of drug-likeness (QED) is 0.498. The van der Waals surface area contributed by atoms with Gasteiger partial charge in [-0.15, -0.1) is 0 Å². The molecular weight excluding hydrogens is 414 g/mol. The summed E-state index contributed by atoms with van der Waals surface area (Å²) in [7, 11) is 0. The summed E-state index contributed by atoms with van der Waals surface area (Å²) < 4.78 is 0. The molecule has 0 saturated heterocycles. The van der Waals surface area contributed by atoms with Crippen molar-refractivity contribution in [1.29, 1.82) is 0 Å². The third-order valence-corrected chi connectivity index (χ3v) is 5.89. The van der Waals surface area contributed by atoms with Crippen LogP contribution in [0.5, 0.6) is 0 Å². The monoisotopic (exact) mass is 437 g/mol. The normalized spacial score (nSPS) is 14.2. The fraction of sp³-hybridized carbons (Fsp3) is 0.318. The number of aromatic amines is 1. The van der Waals surface area contributed by atoms with Gasteiger partial charge in [0.25, 0.3) is 11.8 Å². The number of nitrogens with zero attached hydrogens (tertiary/aromatic N) is 3. The van der Waals surface area contributed by atoms with Crippen LogP contribution in [-0.4, -0.2) is 56.1 Å². The fourth-order valence-electron chi connectivity index (χ4n) is 3.65. The summed E-state index contributed by atoms with van der Waals surface area (Å²) in [5.41, 5.74) is 2.48. The fourth-order valence-corrected chi connectivity index (χ4v) is 4.12. The number of imidazole rings is 1. The molecule has 3 amide bonds. The van der Waals surface area contributed by atoms with Gasteiger partial charge >= 0.3 is 0 Å². The minimum absolute atomic E-state index is 0.134. The SMILES string of the molecule is CSCCC(NC(=O)CCCN1C(=O)c2ccncc2C1=O)c1nc2ccccc2[nH]1. The number of amides is 3. The number of nitrogens with one attached hydrogen (secondary N) is 2. The molecule has 1 aliphatic rings. The van der Waals surface area contributed by atoms with Crippen molar-refractivity contribution in [3.63, 3.8) is 0 Å². The maximum atomic E-state index is 12.6. The molecule has 0 bridgehead atoms. The Balaban J connectivity index is 1.35. The number of carbonyl (C=O) groups excluding carboxylic acids is 3. The number of hydrogen-bond donors (Lipinski definition) is 2. The Morgan fingerprint density at radius 3 is 2.77 bits per heavy atom. The second-order valence-corrected chi connectivity index (χ2v) is 8.31. The van der Waals surface area contributed by atoms with Gasteiger partial charge in [0.05, 0.1) is 28.2 Å². The minimum atomic E-state index is -0.353. The van der Waals surface area contributed by atoms with Crippen LogP contribution in [-0.2, 0) is 4.79 Å². The first kappa shape index (κ1) is 21.0. The van der Waals surface area contributed by atoms with E-state index >= 15 is 0 Å². The van der Waals surface area contributed by atoms with Crippen molar-refractivity contribution < 1.29 is 14.4 Å². The molecule has 4 rings (SSSR count). The van der Waals surface area contributed by atoms with Crippen LogP contribution >= 0.6 is 11.8 Å². The Labute approximate surface area is 183 Å². The molecule has 1 atom stereocenters. The molecule has 8 nitrogen and oxygen atoms in total. The number of para-hydroxylation sites is 2. The zero-order chi connectivity index (χ0) is 21.8. The molecule has 9 heteroatoms. The van der Waals surface area contributed by atoms with Gasteiger partial charge in [0.2, 0.25) is 5.91 Å². The summed E-state index contributed by atoms with van der Waals surface area (Å²) in [6.45, 7) is 0.194. The number of aromatic nitrogens is 3. The van der Waals surface area contributed by atoms with Gasteiger partial charge < -0.3 is 10.3 Å². The van der Waals surface area contributed by atoms with Crippen LogP contribution in [0.3, 0.4) is 0 Å². The van der Waals surface area contributed by atoms with Crippen molar-refractivity contribution in [3.8, 4) is 0 Å². The highest BCUT2D eigenvalue weighted by molar-refractivity contribution is 7.98. The molecule has 2 aromatic heterocycles. The summed E-state index contributed by atoms with van der Waals surface area (Å²) in [6.07, 6.45) is 6.27. The average molecular weight is 438 g/mol. The number of benzene rings is 1. The van der Waals surface area contributed by atoms with Crippen molar-refractivity contribution >= 4 is 40.5 Å². The lowest BCUT2D eigenvalue weighted by Gasteiger charge is -2.17. The van der Waals surface area contributed by atoms with Gasteiger partial charge in [0.15, 0.2) is 0 Å². The third-order valence-electron chi connectivity index (χ3n) is 5.24. The molecule has 0 saturated carbocycles. The van der Waals surface area contributed by atoms with E-state index in [2.05, 4.69) is 20.3 Å². The van der Waals surface area contributed by atoms with Crippen molar-refractivity contribution in [1.82, 2.24) is 25.2 Å². The third kappa shape index (κ3) is 4.46. The van der Waals surface area contributed by atoms with Crippen LogP contribution in [0.4, 0.5) is 0 Å². The lowest BCUT2D eigenvalue weighted by molar-refractivity contribution is -0.122. The zero-order valence-corrected chi connectivity index (χ0v) is 17.9. The lowest BCUT2D eigenvalue weighted by atomic mass is 10.2. The van der Waals surface area contributed by atoms with E-state index in [1.54, 1.807) is 17.8 Å². The van der Waals surface area contributed by atoms with E-state index in [0.717, 1.165) is 29.0 Å². The molecule has 1 aliphatic heterocycles. The second-order valence-electron chi connectivity index (χ2n) is 7.33. The van der Waals surface area contributed by atoms with E-state index in [1.165, 1.54) is 17.3 Å². The number of hydrogen-bond acceptors (Lipinski definition) is 6. The first-order valence-corrected chi connectivity index (χ1v) is 11.5. The van der Waals surface area contributed by atoms with Gasteiger partial charge in [-0.1, -0.05) is 12.1 Å². The Morgan fingerprint density at radius 2 is 2.00 bits per heavy atom. The molecular formula is C22H23N5O3S. The summed E-state index contributed by atoms with van der Waals surface area (Å²) in [5, 5.41) is 3.05. The first-order chi connectivity index (χ1) is 15.1. The predicted octanol–water partition coefficient (Wildman–Crippen LogP) is 2.94. The molecule has 3 aromatic rings. The van der Waals surface area contributed by atoms with Gasteiger partial charge in [-0.25, -0.2) is 4.98 Å². The van der Waals surface area contributed by atoms with Crippen LogP contribution in [0.25, 0.3) is 11.0 Å². The van der Waals surface area contributed by atoms with E-state index < -0.39 is 0 Å². The Morgan fingerprint density at radius 1 is 1.19 bits per heavy atom. The van der Waals surface area contributed by atoms with Crippen molar-refractivity contribution in [2.24, 2.45) is 0 Å². The van der Waals surface area contributed by atoms with Crippen molar-refractivity contribution in [2.75, 3.05) is 18.6 Å². The topological polar surface area (TPSA) is 108 Å². The standard InChI is InChI=1S/C22H23N5O3S/c1-31-12-9-18(20-25-16-5-2-3-6-17(16)26-20)24-19(28)7-4-11-27-21(29)14-8-10-23-13-15(14)22(27)30/h2-3,5-6,8,10,13,18H,4,7,9,11-12H2,1H3,(H,24,28)(H,25,26). The molecule has 0 radical (unpaired) electrons. The number of fused-ring (bicyclic) bond motifs is 2. The molecule has 31 heavy (non-hydrogen) atoms. The second kappa shape index (κ2) is 9.30. The largest absolute Gasteiger partial charge is 0.346 e. The summed E-state index contributed by atoms with van der Waals surface area (Å²) >= 11 is 1.71. The van der Waals surface area contributed by atoms with Gasteiger partial charge in [-0.3, -0.25) is 24.3 Å². The predicted molar refractivity (Wildman–Crippen MR) is 119 cm³/mol. The smallest absolute Gasteiger partial charge is 0.263 e. The molecule has 3 heterocycles. The molecule has 2 N–H and O–H groups in total. The Bertz CT molecular complexity index is 1060.